The van der Waals surface area contributed by atoms with Crippen molar-refractivity contribution >= 4 is 0 Å². The third-order valence-corrected chi connectivity index (χ3v) is 5.37. The molecule has 0 aromatic heterocycles. The summed E-state index contributed by atoms with van der Waals surface area (Å²) < 4.78 is 11.0. The van der Waals surface area contributed by atoms with Gasteiger partial charge in [0.1, 0.15) is 0 Å². The smallest absolute Gasteiger partial charge is 0.231 e. The Labute approximate surface area is 141 Å². The maximum Gasteiger partial charge on any atom is 0.231 e. The fourth-order valence-electron chi connectivity index (χ4n) is 3.86. The second-order valence-corrected chi connectivity index (χ2v) is 7.63. The van der Waals surface area contributed by atoms with Gasteiger partial charge in [-0.2, -0.15) is 0 Å². The molecule has 3 nitrogen and oxygen atoms in total. The van der Waals surface area contributed by atoms with E-state index in [1.807, 2.05) is 4.90 Å². The first kappa shape index (κ1) is 16.6. The molecular formula is C20H32NO2+. The highest BCUT2D eigenvalue weighted by Crippen LogP contribution is 2.36. The first-order valence-corrected chi connectivity index (χ1v) is 9.45. The van der Waals surface area contributed by atoms with E-state index in [2.05, 4.69) is 32.0 Å². The van der Waals surface area contributed by atoms with Gasteiger partial charge in [0.05, 0.1) is 19.6 Å². The monoisotopic (exact) mass is 318 g/mol. The normalized spacial score (nSPS) is 19.3. The molecule has 3 rings (SSSR count). The van der Waals surface area contributed by atoms with Crippen molar-refractivity contribution in [2.75, 3.05) is 26.4 Å². The molecule has 128 valence electrons. The van der Waals surface area contributed by atoms with Gasteiger partial charge in [0.25, 0.3) is 0 Å². The van der Waals surface area contributed by atoms with Crippen LogP contribution in [-0.4, -0.2) is 26.4 Å². The molecule has 0 amide bonds. The Bertz CT molecular complexity index is 494. The van der Waals surface area contributed by atoms with Crippen LogP contribution in [0, 0.1) is 5.92 Å². The average molecular weight is 318 g/mol. The van der Waals surface area contributed by atoms with E-state index >= 15 is 0 Å². The van der Waals surface area contributed by atoms with E-state index in [-0.39, 0.29) is 0 Å². The molecule has 2 aliphatic heterocycles. The minimum absolute atomic E-state index is 0.368. The zero-order valence-electron chi connectivity index (χ0n) is 14.8. The van der Waals surface area contributed by atoms with Crippen molar-refractivity contribution in [2.45, 2.75) is 58.3 Å². The summed E-state index contributed by atoms with van der Waals surface area (Å²) in [6.07, 6.45) is 8.13. The Morgan fingerprint density at radius 3 is 2.52 bits per heavy atom. The number of likely N-dealkylation sites (tertiary alicyclic amines) is 1. The Balaban J connectivity index is 1.64. The first-order chi connectivity index (χ1) is 11.2. The SMILES string of the molecule is CC(C)CC[C@@H](CC[NH+]1CCCCC1)c1ccc2c(c1)OCO2. The van der Waals surface area contributed by atoms with Crippen LogP contribution >= 0.6 is 0 Å². The van der Waals surface area contributed by atoms with Crippen LogP contribution < -0.4 is 14.4 Å². The molecule has 1 saturated heterocycles. The Morgan fingerprint density at radius 2 is 1.74 bits per heavy atom. The van der Waals surface area contributed by atoms with Crippen LogP contribution in [0.2, 0.25) is 0 Å². The van der Waals surface area contributed by atoms with Gasteiger partial charge in [-0.25, -0.2) is 0 Å². The van der Waals surface area contributed by atoms with Gasteiger partial charge in [-0.05, 0) is 55.2 Å². The van der Waals surface area contributed by atoms with Gasteiger partial charge in [0, 0.05) is 6.42 Å². The van der Waals surface area contributed by atoms with E-state index < -0.39 is 0 Å². The van der Waals surface area contributed by atoms with Gasteiger partial charge in [-0.15, -0.1) is 0 Å². The summed E-state index contributed by atoms with van der Waals surface area (Å²) >= 11 is 0. The second-order valence-electron chi connectivity index (χ2n) is 7.63. The number of benzene rings is 1. The zero-order chi connectivity index (χ0) is 16.1. The predicted molar refractivity (Wildman–Crippen MR) is 93.4 cm³/mol. The van der Waals surface area contributed by atoms with Gasteiger partial charge in [-0.3, -0.25) is 0 Å². The van der Waals surface area contributed by atoms with E-state index in [4.69, 9.17) is 9.47 Å². The van der Waals surface area contributed by atoms with Gasteiger partial charge < -0.3 is 14.4 Å². The van der Waals surface area contributed by atoms with Crippen molar-refractivity contribution in [3.05, 3.63) is 23.8 Å². The van der Waals surface area contributed by atoms with E-state index in [0.717, 1.165) is 17.4 Å². The van der Waals surface area contributed by atoms with Gasteiger partial charge in [0.2, 0.25) is 6.79 Å². The summed E-state index contributed by atoms with van der Waals surface area (Å²) in [4.78, 5) is 1.81. The van der Waals surface area contributed by atoms with Gasteiger partial charge in [-0.1, -0.05) is 26.3 Å². The molecule has 0 saturated carbocycles. The van der Waals surface area contributed by atoms with Crippen molar-refractivity contribution in [1.29, 1.82) is 0 Å². The molecule has 1 aromatic rings. The minimum Gasteiger partial charge on any atom is -0.454 e. The third-order valence-electron chi connectivity index (χ3n) is 5.37. The maximum atomic E-state index is 5.58. The second kappa shape index (κ2) is 8.05. The largest absolute Gasteiger partial charge is 0.454 e. The highest BCUT2D eigenvalue weighted by atomic mass is 16.7. The molecule has 2 heterocycles. The lowest BCUT2D eigenvalue weighted by molar-refractivity contribution is -0.905. The molecule has 1 fully saturated rings. The van der Waals surface area contributed by atoms with E-state index in [1.165, 1.54) is 63.7 Å². The number of piperidine rings is 1. The fraction of sp³-hybridized carbons (Fsp3) is 0.700. The summed E-state index contributed by atoms with van der Waals surface area (Å²) in [7, 11) is 0. The van der Waals surface area contributed by atoms with Crippen LogP contribution in [0.3, 0.4) is 0 Å². The highest BCUT2D eigenvalue weighted by molar-refractivity contribution is 5.45. The zero-order valence-corrected chi connectivity index (χ0v) is 14.8. The predicted octanol–water partition coefficient (Wildman–Crippen LogP) is 3.39. The number of quaternary nitrogens is 1. The van der Waals surface area contributed by atoms with E-state index in [9.17, 15) is 0 Å². The summed E-state index contributed by atoms with van der Waals surface area (Å²) in [5, 5.41) is 0. The molecule has 0 aliphatic carbocycles. The first-order valence-electron chi connectivity index (χ1n) is 9.45. The molecule has 1 aromatic carbocycles. The van der Waals surface area contributed by atoms with Gasteiger partial charge >= 0.3 is 0 Å². The Kier molecular flexibility index (Phi) is 5.82. The summed E-state index contributed by atoms with van der Waals surface area (Å²) in [5.41, 5.74) is 1.44. The van der Waals surface area contributed by atoms with Crippen LogP contribution in [0.25, 0.3) is 0 Å². The maximum absolute atomic E-state index is 5.58. The number of rotatable bonds is 7. The van der Waals surface area contributed by atoms with Crippen LogP contribution in [0.4, 0.5) is 0 Å². The molecular weight excluding hydrogens is 286 g/mol. The molecule has 0 bridgehead atoms. The molecule has 0 radical (unpaired) electrons. The Morgan fingerprint density at radius 1 is 0.957 bits per heavy atom. The van der Waals surface area contributed by atoms with E-state index in [1.54, 1.807) is 0 Å². The van der Waals surface area contributed by atoms with Crippen LogP contribution in [0.15, 0.2) is 18.2 Å². The quantitative estimate of drug-likeness (QED) is 0.833. The average Bonchev–Trinajstić information content (AvgIpc) is 3.03. The number of ether oxygens (including phenoxy) is 2. The van der Waals surface area contributed by atoms with Crippen molar-refractivity contribution in [3.63, 3.8) is 0 Å². The highest BCUT2D eigenvalue weighted by Gasteiger charge is 2.21. The number of fused-ring (bicyclic) bond motifs is 1. The number of hydrogen-bond acceptors (Lipinski definition) is 2. The molecule has 23 heavy (non-hydrogen) atoms. The van der Waals surface area contributed by atoms with E-state index in [0.29, 0.717) is 12.7 Å². The number of nitrogens with one attached hydrogen (secondary N) is 1. The molecule has 2 aliphatic rings. The molecule has 1 N–H and O–H groups in total. The van der Waals surface area contributed by atoms with Crippen molar-refractivity contribution in [3.8, 4) is 11.5 Å². The molecule has 3 heteroatoms. The third kappa shape index (κ3) is 4.63. The summed E-state index contributed by atoms with van der Waals surface area (Å²) in [6.45, 7) is 9.08. The molecule has 1 atom stereocenters. The van der Waals surface area contributed by atoms with Crippen molar-refractivity contribution < 1.29 is 14.4 Å². The topological polar surface area (TPSA) is 22.9 Å². The minimum atomic E-state index is 0.368. The standard InChI is InChI=1S/C20H31NO2/c1-16(2)6-7-17(10-13-21-11-4-3-5-12-21)18-8-9-19-20(14-18)23-15-22-19/h8-9,14,16-17H,3-7,10-13,15H2,1-2H3/p+1/t17-/m0/s1. The summed E-state index contributed by atoms with van der Waals surface area (Å²) in [6, 6.07) is 6.57. The summed E-state index contributed by atoms with van der Waals surface area (Å²) in [5.74, 6) is 3.26. The molecule has 0 unspecified atom stereocenters. The van der Waals surface area contributed by atoms with Crippen LogP contribution in [0.5, 0.6) is 11.5 Å². The van der Waals surface area contributed by atoms with Crippen LogP contribution in [-0.2, 0) is 0 Å². The lowest BCUT2D eigenvalue weighted by Gasteiger charge is -2.26. The Hall–Kier alpha value is -1.22. The lowest BCUT2D eigenvalue weighted by Crippen LogP contribution is -3.12. The number of hydrogen-bond donors (Lipinski definition) is 1. The fourth-order valence-corrected chi connectivity index (χ4v) is 3.86. The molecule has 0 spiro atoms. The van der Waals surface area contributed by atoms with Crippen molar-refractivity contribution in [1.82, 2.24) is 0 Å². The van der Waals surface area contributed by atoms with Crippen LogP contribution in [0.1, 0.15) is 63.9 Å². The lowest BCUT2D eigenvalue weighted by atomic mass is 9.88. The van der Waals surface area contributed by atoms with Crippen molar-refractivity contribution in [2.24, 2.45) is 5.92 Å². The van der Waals surface area contributed by atoms with Gasteiger partial charge in [0.15, 0.2) is 11.5 Å².